The van der Waals surface area contributed by atoms with Crippen LogP contribution in [0.3, 0.4) is 0 Å². The zero-order valence-corrected chi connectivity index (χ0v) is 11.1. The largest absolute Gasteiger partial charge is 0.337 e. The molecule has 0 saturated heterocycles. The summed E-state index contributed by atoms with van der Waals surface area (Å²) in [5, 5.41) is 5.90. The van der Waals surface area contributed by atoms with Crippen molar-refractivity contribution in [1.29, 1.82) is 0 Å². The normalized spacial score (nSPS) is 12.5. The molecule has 0 saturated carbocycles. The third-order valence-electron chi connectivity index (χ3n) is 2.67. The third kappa shape index (κ3) is 2.40. The van der Waals surface area contributed by atoms with Crippen molar-refractivity contribution in [2.75, 3.05) is 0 Å². The SMILES string of the molecule is Cc1cccc(-c2noc(C(N)c3cccs3)n2)n1. The van der Waals surface area contributed by atoms with Gasteiger partial charge in [0.2, 0.25) is 11.7 Å². The maximum Gasteiger partial charge on any atom is 0.249 e. The summed E-state index contributed by atoms with van der Waals surface area (Å²) in [5.41, 5.74) is 7.67. The smallest absolute Gasteiger partial charge is 0.249 e. The molecular weight excluding hydrogens is 260 g/mol. The number of pyridine rings is 1. The van der Waals surface area contributed by atoms with Crippen LogP contribution in [0.1, 0.15) is 22.5 Å². The van der Waals surface area contributed by atoms with Gasteiger partial charge in [0.15, 0.2) is 0 Å². The van der Waals surface area contributed by atoms with Gasteiger partial charge < -0.3 is 10.3 Å². The summed E-state index contributed by atoms with van der Waals surface area (Å²) in [6.45, 7) is 1.92. The second-order valence-electron chi connectivity index (χ2n) is 4.11. The first kappa shape index (κ1) is 12.0. The minimum atomic E-state index is -0.383. The highest BCUT2D eigenvalue weighted by Crippen LogP contribution is 2.24. The molecule has 1 unspecified atom stereocenters. The summed E-state index contributed by atoms with van der Waals surface area (Å²) in [6, 6.07) is 9.18. The fourth-order valence-electron chi connectivity index (χ4n) is 1.72. The van der Waals surface area contributed by atoms with Crippen LogP contribution in [0.2, 0.25) is 0 Å². The van der Waals surface area contributed by atoms with Crippen LogP contribution in [0.5, 0.6) is 0 Å². The molecule has 3 aromatic heterocycles. The Bertz CT molecular complexity index is 678. The van der Waals surface area contributed by atoms with Crippen molar-refractivity contribution in [3.05, 3.63) is 52.2 Å². The Morgan fingerprint density at radius 2 is 2.11 bits per heavy atom. The molecule has 3 aromatic rings. The van der Waals surface area contributed by atoms with E-state index in [2.05, 4.69) is 15.1 Å². The lowest BCUT2D eigenvalue weighted by Gasteiger charge is -2.01. The molecule has 0 fully saturated rings. The lowest BCUT2D eigenvalue weighted by molar-refractivity contribution is 0.368. The number of aryl methyl sites for hydroxylation is 1. The molecule has 0 spiro atoms. The van der Waals surface area contributed by atoms with Crippen molar-refractivity contribution in [2.45, 2.75) is 13.0 Å². The topological polar surface area (TPSA) is 77.8 Å². The monoisotopic (exact) mass is 272 g/mol. The first-order valence-corrected chi connectivity index (χ1v) is 6.68. The third-order valence-corrected chi connectivity index (χ3v) is 3.63. The van der Waals surface area contributed by atoms with Crippen molar-refractivity contribution >= 4 is 11.3 Å². The number of thiophene rings is 1. The van der Waals surface area contributed by atoms with Gasteiger partial charge in [-0.3, -0.25) is 0 Å². The number of nitrogens with two attached hydrogens (primary N) is 1. The van der Waals surface area contributed by atoms with E-state index in [0.29, 0.717) is 17.4 Å². The zero-order chi connectivity index (χ0) is 13.2. The average molecular weight is 272 g/mol. The Kier molecular flexibility index (Phi) is 3.10. The number of hydrogen-bond donors (Lipinski definition) is 1. The van der Waals surface area contributed by atoms with Gasteiger partial charge >= 0.3 is 0 Å². The van der Waals surface area contributed by atoms with Gasteiger partial charge in [0, 0.05) is 10.6 Å². The highest BCUT2D eigenvalue weighted by molar-refractivity contribution is 7.10. The van der Waals surface area contributed by atoms with Crippen LogP contribution >= 0.6 is 11.3 Å². The Hall–Kier alpha value is -2.05. The minimum absolute atomic E-state index is 0.383. The Labute approximate surface area is 114 Å². The van der Waals surface area contributed by atoms with Crippen molar-refractivity contribution < 1.29 is 4.52 Å². The Balaban J connectivity index is 1.91. The summed E-state index contributed by atoms with van der Waals surface area (Å²) in [6.07, 6.45) is 0. The number of hydrogen-bond acceptors (Lipinski definition) is 6. The van der Waals surface area contributed by atoms with Crippen molar-refractivity contribution in [3.8, 4) is 11.5 Å². The predicted molar refractivity (Wildman–Crippen MR) is 72.6 cm³/mol. The minimum Gasteiger partial charge on any atom is -0.337 e. The molecule has 3 rings (SSSR count). The van der Waals surface area contributed by atoms with Gasteiger partial charge in [-0.25, -0.2) is 4.98 Å². The van der Waals surface area contributed by atoms with Gasteiger partial charge in [0.05, 0.1) is 0 Å². The molecular formula is C13H12N4OS. The first-order chi connectivity index (χ1) is 9.24. The van der Waals surface area contributed by atoms with E-state index in [1.54, 1.807) is 11.3 Å². The van der Waals surface area contributed by atoms with Crippen LogP contribution in [0.15, 0.2) is 40.2 Å². The summed E-state index contributed by atoms with van der Waals surface area (Å²) in [5.74, 6) is 0.867. The molecule has 6 heteroatoms. The second kappa shape index (κ2) is 4.91. The van der Waals surface area contributed by atoms with E-state index in [0.717, 1.165) is 10.6 Å². The van der Waals surface area contributed by atoms with Crippen molar-refractivity contribution in [1.82, 2.24) is 15.1 Å². The van der Waals surface area contributed by atoms with Crippen LogP contribution in [-0.4, -0.2) is 15.1 Å². The van der Waals surface area contributed by atoms with Gasteiger partial charge in [-0.05, 0) is 30.5 Å². The van der Waals surface area contributed by atoms with Gasteiger partial charge in [0.25, 0.3) is 0 Å². The molecule has 0 aromatic carbocycles. The first-order valence-electron chi connectivity index (χ1n) is 5.80. The van der Waals surface area contributed by atoms with Crippen molar-refractivity contribution in [3.63, 3.8) is 0 Å². The molecule has 0 radical (unpaired) electrons. The predicted octanol–water partition coefficient (Wildman–Crippen LogP) is 2.55. The molecule has 2 N–H and O–H groups in total. The van der Waals surface area contributed by atoms with E-state index in [1.807, 2.05) is 42.6 Å². The van der Waals surface area contributed by atoms with E-state index in [4.69, 9.17) is 10.3 Å². The molecule has 0 bridgehead atoms. The molecule has 96 valence electrons. The average Bonchev–Trinajstić information content (AvgIpc) is 3.10. The van der Waals surface area contributed by atoms with Gasteiger partial charge in [-0.1, -0.05) is 17.3 Å². The molecule has 0 aliphatic carbocycles. The van der Waals surface area contributed by atoms with Gasteiger partial charge in [-0.2, -0.15) is 4.98 Å². The van der Waals surface area contributed by atoms with Crippen LogP contribution in [0.4, 0.5) is 0 Å². The highest BCUT2D eigenvalue weighted by atomic mass is 32.1. The summed E-state index contributed by atoms with van der Waals surface area (Å²) in [7, 11) is 0. The van der Waals surface area contributed by atoms with Crippen LogP contribution in [0, 0.1) is 6.92 Å². The Morgan fingerprint density at radius 3 is 2.84 bits per heavy atom. The zero-order valence-electron chi connectivity index (χ0n) is 10.3. The van der Waals surface area contributed by atoms with E-state index >= 15 is 0 Å². The number of nitrogens with zero attached hydrogens (tertiary/aromatic N) is 3. The highest BCUT2D eigenvalue weighted by Gasteiger charge is 2.18. The van der Waals surface area contributed by atoms with Crippen LogP contribution in [0.25, 0.3) is 11.5 Å². The van der Waals surface area contributed by atoms with Crippen LogP contribution in [-0.2, 0) is 0 Å². The Morgan fingerprint density at radius 1 is 1.21 bits per heavy atom. The number of rotatable bonds is 3. The van der Waals surface area contributed by atoms with E-state index in [-0.39, 0.29) is 6.04 Å². The number of aromatic nitrogens is 3. The molecule has 0 aliphatic rings. The lowest BCUT2D eigenvalue weighted by atomic mass is 10.2. The maximum atomic E-state index is 6.08. The fraction of sp³-hybridized carbons (Fsp3) is 0.154. The van der Waals surface area contributed by atoms with E-state index in [1.165, 1.54) is 0 Å². The summed E-state index contributed by atoms with van der Waals surface area (Å²) in [4.78, 5) is 9.67. The molecule has 5 nitrogen and oxygen atoms in total. The van der Waals surface area contributed by atoms with Gasteiger partial charge in [0.1, 0.15) is 11.7 Å². The molecule has 1 atom stereocenters. The summed E-state index contributed by atoms with van der Waals surface area (Å²) < 4.78 is 5.23. The fourth-order valence-corrected chi connectivity index (χ4v) is 2.44. The molecule has 0 aliphatic heterocycles. The van der Waals surface area contributed by atoms with E-state index < -0.39 is 0 Å². The van der Waals surface area contributed by atoms with Gasteiger partial charge in [-0.15, -0.1) is 11.3 Å². The van der Waals surface area contributed by atoms with Crippen molar-refractivity contribution in [2.24, 2.45) is 5.73 Å². The maximum absolute atomic E-state index is 6.08. The standard InChI is InChI=1S/C13H12N4OS/c1-8-4-2-5-9(15-8)12-16-13(18-17-12)11(14)10-6-3-7-19-10/h2-7,11H,14H2,1H3. The molecule has 0 amide bonds. The quantitative estimate of drug-likeness (QED) is 0.792. The summed E-state index contributed by atoms with van der Waals surface area (Å²) >= 11 is 1.56. The second-order valence-corrected chi connectivity index (χ2v) is 5.09. The molecule has 19 heavy (non-hydrogen) atoms. The lowest BCUT2D eigenvalue weighted by Crippen LogP contribution is -2.10. The van der Waals surface area contributed by atoms with Crippen LogP contribution < -0.4 is 5.73 Å². The van der Waals surface area contributed by atoms with E-state index in [9.17, 15) is 0 Å². The molecule has 3 heterocycles.